The molecule has 2 aromatic rings. The van der Waals surface area contributed by atoms with Gasteiger partial charge in [0.1, 0.15) is 23.7 Å². The van der Waals surface area contributed by atoms with Gasteiger partial charge in [-0.3, -0.25) is 4.90 Å². The Bertz CT molecular complexity index is 661. The van der Waals surface area contributed by atoms with Gasteiger partial charge in [-0.05, 0) is 50.5 Å². The van der Waals surface area contributed by atoms with Gasteiger partial charge in [-0.2, -0.15) is 0 Å². The summed E-state index contributed by atoms with van der Waals surface area (Å²) < 4.78 is 12.0. The van der Waals surface area contributed by atoms with E-state index in [0.29, 0.717) is 0 Å². The van der Waals surface area contributed by atoms with Crippen LogP contribution in [0.2, 0.25) is 5.02 Å². The first kappa shape index (κ1) is 18.2. The Morgan fingerprint density at radius 2 is 1.88 bits per heavy atom. The van der Waals surface area contributed by atoms with Crippen LogP contribution in [0.3, 0.4) is 0 Å². The summed E-state index contributed by atoms with van der Waals surface area (Å²) in [6.45, 7) is 8.05. The number of piperidine rings is 1. The van der Waals surface area contributed by atoms with Crippen molar-refractivity contribution in [1.82, 2.24) is 9.88 Å². The number of aromatic nitrogens is 1. The number of hydrogen-bond acceptors (Lipinski definition) is 3. The lowest BCUT2D eigenvalue weighted by molar-refractivity contribution is 0.0136. The number of nitrogens with zero attached hydrogens (tertiary/aromatic N) is 1. The fraction of sp³-hybridized carbons (Fsp3) is 0.500. The van der Waals surface area contributed by atoms with E-state index in [1.54, 1.807) is 0 Å². The fourth-order valence-electron chi connectivity index (χ4n) is 3.14. The lowest BCUT2D eigenvalue weighted by Crippen LogP contribution is -2.47. The molecule has 2 heterocycles. The highest BCUT2D eigenvalue weighted by Gasteiger charge is 2.31. The molecule has 0 spiro atoms. The fourth-order valence-corrected chi connectivity index (χ4v) is 3.26. The van der Waals surface area contributed by atoms with Crippen LogP contribution < -0.4 is 9.47 Å². The van der Waals surface area contributed by atoms with E-state index in [1.807, 2.05) is 30.5 Å². The van der Waals surface area contributed by atoms with Gasteiger partial charge in [0.15, 0.2) is 0 Å². The van der Waals surface area contributed by atoms with Crippen molar-refractivity contribution in [1.29, 1.82) is 0 Å². The van der Waals surface area contributed by atoms with Crippen molar-refractivity contribution >= 4 is 11.6 Å². The second kappa shape index (κ2) is 8.15. The van der Waals surface area contributed by atoms with Gasteiger partial charge in [0.05, 0.1) is 0 Å². The molecule has 0 radical (unpaired) electrons. The van der Waals surface area contributed by atoms with Crippen LogP contribution in [0.1, 0.15) is 32.4 Å². The predicted octanol–water partition coefficient (Wildman–Crippen LogP) is 4.54. The van der Waals surface area contributed by atoms with Gasteiger partial charge in [-0.25, -0.2) is 0 Å². The summed E-state index contributed by atoms with van der Waals surface area (Å²) in [7, 11) is 0. The molecule has 0 atom stereocenters. The number of aromatic amines is 1. The number of rotatable bonds is 7. The Balaban J connectivity index is 1.41. The number of H-pyrrole nitrogens is 1. The summed E-state index contributed by atoms with van der Waals surface area (Å²) in [6, 6.07) is 9.70. The minimum atomic E-state index is -0.109. The first-order valence-electron chi connectivity index (χ1n) is 9.03. The van der Waals surface area contributed by atoms with Crippen LogP contribution in [0.15, 0.2) is 36.5 Å². The van der Waals surface area contributed by atoms with Crippen molar-refractivity contribution in [3.63, 3.8) is 0 Å². The molecule has 1 saturated heterocycles. The molecule has 136 valence electrons. The smallest absolute Gasteiger partial charge is 0.137 e. The van der Waals surface area contributed by atoms with E-state index in [1.165, 1.54) is 5.69 Å². The standard InChI is InChI=1S/C20H27ClN2O2/c1-3-17-14-19(15-22-17)24-13-12-23-10-8-20(2,9-11-23)25-18-6-4-16(21)5-7-18/h4-7,14-15,22H,3,8-13H2,1-2H3. The number of aryl methyl sites for hydroxylation is 1. The largest absolute Gasteiger partial charge is 0.491 e. The van der Waals surface area contributed by atoms with E-state index in [4.69, 9.17) is 21.1 Å². The Hall–Kier alpha value is -1.65. The molecule has 1 N–H and O–H groups in total. The average Bonchev–Trinajstić information content (AvgIpc) is 3.07. The minimum absolute atomic E-state index is 0.109. The highest BCUT2D eigenvalue weighted by Crippen LogP contribution is 2.29. The van der Waals surface area contributed by atoms with Crippen LogP contribution >= 0.6 is 11.6 Å². The summed E-state index contributed by atoms with van der Waals surface area (Å²) in [5.74, 6) is 1.83. The van der Waals surface area contributed by atoms with E-state index in [9.17, 15) is 0 Å². The number of halogens is 1. The summed E-state index contributed by atoms with van der Waals surface area (Å²) in [5.41, 5.74) is 1.10. The molecule has 0 amide bonds. The van der Waals surface area contributed by atoms with Gasteiger partial charge < -0.3 is 14.5 Å². The van der Waals surface area contributed by atoms with E-state index < -0.39 is 0 Å². The predicted molar refractivity (Wildman–Crippen MR) is 102 cm³/mol. The van der Waals surface area contributed by atoms with Crippen molar-refractivity contribution in [3.05, 3.63) is 47.2 Å². The first-order chi connectivity index (χ1) is 12.1. The highest BCUT2D eigenvalue weighted by molar-refractivity contribution is 6.30. The Kier molecular flexibility index (Phi) is 5.92. The molecule has 25 heavy (non-hydrogen) atoms. The molecule has 1 fully saturated rings. The molecule has 0 unspecified atom stereocenters. The zero-order valence-electron chi connectivity index (χ0n) is 15.1. The van der Waals surface area contributed by atoms with Crippen LogP contribution in [0, 0.1) is 0 Å². The van der Waals surface area contributed by atoms with Crippen LogP contribution in [-0.2, 0) is 6.42 Å². The second-order valence-corrected chi connectivity index (χ2v) is 7.35. The maximum atomic E-state index is 6.21. The quantitative estimate of drug-likeness (QED) is 0.785. The second-order valence-electron chi connectivity index (χ2n) is 6.91. The highest BCUT2D eigenvalue weighted by atomic mass is 35.5. The lowest BCUT2D eigenvalue weighted by atomic mass is 9.93. The molecule has 3 rings (SSSR count). The number of benzene rings is 1. The zero-order chi connectivity index (χ0) is 17.7. The number of ether oxygens (including phenoxy) is 2. The number of nitrogens with one attached hydrogen (secondary N) is 1. The summed E-state index contributed by atoms with van der Waals surface area (Å²) in [4.78, 5) is 5.66. The summed E-state index contributed by atoms with van der Waals surface area (Å²) in [5, 5.41) is 0.737. The maximum absolute atomic E-state index is 6.21. The summed E-state index contributed by atoms with van der Waals surface area (Å²) in [6.07, 6.45) is 4.97. The van der Waals surface area contributed by atoms with Crippen LogP contribution in [-0.4, -0.2) is 41.7 Å². The Morgan fingerprint density at radius 1 is 1.16 bits per heavy atom. The molecule has 1 aromatic heterocycles. The molecule has 5 heteroatoms. The summed E-state index contributed by atoms with van der Waals surface area (Å²) >= 11 is 5.93. The zero-order valence-corrected chi connectivity index (χ0v) is 15.8. The minimum Gasteiger partial charge on any atom is -0.491 e. The Labute approximate surface area is 155 Å². The van der Waals surface area contributed by atoms with Gasteiger partial charge in [0.2, 0.25) is 0 Å². The molecule has 0 bridgehead atoms. The number of hydrogen-bond donors (Lipinski definition) is 1. The van der Waals surface area contributed by atoms with Gasteiger partial charge in [-0.1, -0.05) is 18.5 Å². The van der Waals surface area contributed by atoms with E-state index in [2.05, 4.69) is 29.8 Å². The topological polar surface area (TPSA) is 37.5 Å². The third-order valence-corrected chi connectivity index (χ3v) is 5.12. The van der Waals surface area contributed by atoms with Crippen molar-refractivity contribution in [2.24, 2.45) is 0 Å². The Morgan fingerprint density at radius 3 is 2.52 bits per heavy atom. The van der Waals surface area contributed by atoms with Crippen molar-refractivity contribution in [2.45, 2.75) is 38.7 Å². The van der Waals surface area contributed by atoms with Gasteiger partial charge in [0, 0.05) is 42.6 Å². The van der Waals surface area contributed by atoms with Gasteiger partial charge in [-0.15, -0.1) is 0 Å². The number of likely N-dealkylation sites (tertiary alicyclic amines) is 1. The average molecular weight is 363 g/mol. The maximum Gasteiger partial charge on any atom is 0.137 e. The van der Waals surface area contributed by atoms with Crippen molar-refractivity contribution < 1.29 is 9.47 Å². The van der Waals surface area contributed by atoms with Crippen LogP contribution in [0.5, 0.6) is 11.5 Å². The molecule has 1 aliphatic rings. The monoisotopic (exact) mass is 362 g/mol. The third kappa shape index (κ3) is 5.16. The molecule has 1 aliphatic heterocycles. The third-order valence-electron chi connectivity index (χ3n) is 4.87. The van der Waals surface area contributed by atoms with Crippen molar-refractivity contribution in [3.8, 4) is 11.5 Å². The SMILES string of the molecule is CCc1cc(OCCN2CCC(C)(Oc3ccc(Cl)cc3)CC2)c[nH]1. The molecular weight excluding hydrogens is 336 g/mol. The molecule has 4 nitrogen and oxygen atoms in total. The lowest BCUT2D eigenvalue weighted by Gasteiger charge is -2.39. The van der Waals surface area contributed by atoms with Crippen LogP contribution in [0.4, 0.5) is 0 Å². The molecule has 1 aromatic carbocycles. The first-order valence-corrected chi connectivity index (χ1v) is 9.41. The van der Waals surface area contributed by atoms with E-state index >= 15 is 0 Å². The van der Waals surface area contributed by atoms with E-state index in [-0.39, 0.29) is 5.60 Å². The molecular formula is C20H27ClN2O2. The van der Waals surface area contributed by atoms with Gasteiger partial charge in [0.25, 0.3) is 0 Å². The molecule has 0 aliphatic carbocycles. The normalized spacial score (nSPS) is 17.4. The van der Waals surface area contributed by atoms with Crippen molar-refractivity contribution in [2.75, 3.05) is 26.2 Å². The van der Waals surface area contributed by atoms with Gasteiger partial charge >= 0.3 is 0 Å². The van der Waals surface area contributed by atoms with Crippen LogP contribution in [0.25, 0.3) is 0 Å². The molecule has 0 saturated carbocycles. The van der Waals surface area contributed by atoms with E-state index in [0.717, 1.165) is 62.0 Å².